The zero-order chi connectivity index (χ0) is 22.7. The van der Waals surface area contributed by atoms with E-state index in [1.165, 1.54) is 0 Å². The Morgan fingerprint density at radius 3 is 2.19 bits per heavy atom. The number of aromatic nitrogens is 1. The summed E-state index contributed by atoms with van der Waals surface area (Å²) in [4.78, 5) is 31.4. The molecule has 4 rings (SSSR count). The molecule has 0 aliphatic carbocycles. The van der Waals surface area contributed by atoms with Crippen molar-refractivity contribution < 1.29 is 14.7 Å². The summed E-state index contributed by atoms with van der Waals surface area (Å²) in [6, 6.07) is 17.7. The Balaban J connectivity index is 1.58. The number of amides is 1. The molecule has 0 bridgehead atoms. The molecule has 1 saturated heterocycles. The van der Waals surface area contributed by atoms with Gasteiger partial charge < -0.3 is 10.0 Å². The largest absolute Gasteiger partial charge is 0.478 e. The third kappa shape index (κ3) is 5.12. The molecule has 164 valence electrons. The van der Waals surface area contributed by atoms with Crippen LogP contribution >= 0.6 is 23.2 Å². The molecule has 0 unspecified atom stereocenters. The average molecular weight is 469 g/mol. The number of benzene rings is 2. The number of likely N-dealkylation sites (tertiary alicyclic amines) is 1. The van der Waals surface area contributed by atoms with Crippen LogP contribution in [0.5, 0.6) is 0 Å². The maximum atomic E-state index is 13.0. The molecule has 3 aromatic rings. The zero-order valence-electron chi connectivity index (χ0n) is 17.3. The highest BCUT2D eigenvalue weighted by atomic mass is 35.5. The minimum absolute atomic E-state index is 0.0261. The molecule has 0 saturated carbocycles. The second-order valence-electron chi connectivity index (χ2n) is 7.89. The molecule has 1 amide bonds. The zero-order valence-corrected chi connectivity index (χ0v) is 18.8. The van der Waals surface area contributed by atoms with Crippen molar-refractivity contribution in [2.45, 2.75) is 31.7 Å². The van der Waals surface area contributed by atoms with Crippen molar-refractivity contribution in [1.82, 2.24) is 9.88 Å². The second kappa shape index (κ2) is 9.72. The van der Waals surface area contributed by atoms with Gasteiger partial charge in [0.15, 0.2) is 0 Å². The molecular weight excluding hydrogens is 447 g/mol. The van der Waals surface area contributed by atoms with Gasteiger partial charge in [0.05, 0.1) is 29.4 Å². The van der Waals surface area contributed by atoms with Crippen LogP contribution in [0.25, 0.3) is 0 Å². The summed E-state index contributed by atoms with van der Waals surface area (Å²) < 4.78 is 0. The second-order valence-corrected chi connectivity index (χ2v) is 8.76. The minimum Gasteiger partial charge on any atom is -0.478 e. The number of aromatic carboxylic acids is 1. The molecule has 2 aromatic carbocycles. The number of hydrogen-bond donors (Lipinski definition) is 1. The summed E-state index contributed by atoms with van der Waals surface area (Å²) in [7, 11) is 0. The van der Waals surface area contributed by atoms with E-state index >= 15 is 0 Å². The number of hydrogen-bond acceptors (Lipinski definition) is 3. The summed E-state index contributed by atoms with van der Waals surface area (Å²) in [6.45, 7) is 0.659. The molecule has 5 nitrogen and oxygen atoms in total. The molecule has 1 atom stereocenters. The van der Waals surface area contributed by atoms with Gasteiger partial charge in [-0.3, -0.25) is 9.78 Å². The molecular formula is C25H22Cl2N2O3. The fraction of sp³-hybridized carbons (Fsp3) is 0.240. The van der Waals surface area contributed by atoms with Crippen molar-refractivity contribution in [1.29, 1.82) is 0 Å². The van der Waals surface area contributed by atoms with E-state index in [4.69, 9.17) is 28.2 Å². The van der Waals surface area contributed by atoms with Gasteiger partial charge in [-0.1, -0.05) is 47.5 Å². The van der Waals surface area contributed by atoms with E-state index in [0.29, 0.717) is 35.1 Å². The summed E-state index contributed by atoms with van der Waals surface area (Å²) in [5.41, 5.74) is 3.20. The Kier molecular flexibility index (Phi) is 6.77. The van der Waals surface area contributed by atoms with Crippen LogP contribution in [-0.4, -0.2) is 33.4 Å². The minimum atomic E-state index is -1.02. The predicted octanol–water partition coefficient (Wildman–Crippen LogP) is 5.58. The molecule has 1 fully saturated rings. The number of rotatable bonds is 6. The topological polar surface area (TPSA) is 70.5 Å². The molecule has 2 heterocycles. The van der Waals surface area contributed by atoms with E-state index < -0.39 is 5.97 Å². The van der Waals surface area contributed by atoms with Crippen molar-refractivity contribution >= 4 is 35.1 Å². The van der Waals surface area contributed by atoms with Gasteiger partial charge in [0.25, 0.3) is 0 Å². The highest BCUT2D eigenvalue weighted by Crippen LogP contribution is 2.32. The van der Waals surface area contributed by atoms with Gasteiger partial charge in [-0.05, 0) is 60.4 Å². The Morgan fingerprint density at radius 2 is 1.56 bits per heavy atom. The Labute approximate surface area is 196 Å². The van der Waals surface area contributed by atoms with E-state index in [1.54, 1.807) is 36.4 Å². The van der Waals surface area contributed by atoms with Crippen LogP contribution in [0.3, 0.4) is 0 Å². The number of carboxylic acids is 1. The van der Waals surface area contributed by atoms with Crippen LogP contribution in [0.1, 0.15) is 51.8 Å². The lowest BCUT2D eigenvalue weighted by atomic mass is 10.0. The Bertz CT molecular complexity index is 1130. The van der Waals surface area contributed by atoms with Crippen LogP contribution in [0.4, 0.5) is 0 Å². The first-order valence-electron chi connectivity index (χ1n) is 10.4. The van der Waals surface area contributed by atoms with Crippen LogP contribution < -0.4 is 0 Å². The quantitative estimate of drug-likeness (QED) is 0.512. The van der Waals surface area contributed by atoms with Crippen molar-refractivity contribution in [3.8, 4) is 0 Å². The van der Waals surface area contributed by atoms with Crippen LogP contribution in [-0.2, 0) is 17.6 Å². The van der Waals surface area contributed by atoms with E-state index in [1.807, 2.05) is 29.2 Å². The van der Waals surface area contributed by atoms with Crippen molar-refractivity contribution in [2.75, 3.05) is 6.54 Å². The predicted molar refractivity (Wildman–Crippen MR) is 124 cm³/mol. The van der Waals surface area contributed by atoms with Crippen LogP contribution in [0, 0.1) is 0 Å². The smallest absolute Gasteiger partial charge is 0.337 e. The number of halogens is 2. The third-order valence-electron chi connectivity index (χ3n) is 5.69. The number of carbonyl (C=O) groups excluding carboxylic acids is 1. The lowest BCUT2D eigenvalue weighted by Gasteiger charge is -2.25. The molecule has 32 heavy (non-hydrogen) atoms. The first-order chi connectivity index (χ1) is 15.4. The highest BCUT2D eigenvalue weighted by molar-refractivity contribution is 6.30. The molecule has 1 aromatic heterocycles. The molecule has 1 N–H and O–H groups in total. The standard InChI is InChI=1S/C25H22Cl2N2O3/c26-18-7-3-16(4-8-18)14-22-20(25(31)32)11-12-21(28-22)23-2-1-13-29(23)24(30)15-17-5-9-19(27)10-6-17/h3-12,23H,1-2,13-15H2,(H,31,32)/t23-/m0/s1. The van der Waals surface area contributed by atoms with Crippen LogP contribution in [0.2, 0.25) is 10.0 Å². The third-order valence-corrected chi connectivity index (χ3v) is 6.20. The Morgan fingerprint density at radius 1 is 0.938 bits per heavy atom. The van der Waals surface area contributed by atoms with Gasteiger partial charge >= 0.3 is 5.97 Å². The maximum Gasteiger partial charge on any atom is 0.337 e. The van der Waals surface area contributed by atoms with Gasteiger partial charge in [0.1, 0.15) is 0 Å². The Hall–Kier alpha value is -2.89. The summed E-state index contributed by atoms with van der Waals surface area (Å²) >= 11 is 11.9. The summed E-state index contributed by atoms with van der Waals surface area (Å²) in [5, 5.41) is 10.9. The average Bonchev–Trinajstić information content (AvgIpc) is 3.27. The van der Waals surface area contributed by atoms with Gasteiger partial charge in [-0.15, -0.1) is 0 Å². The maximum absolute atomic E-state index is 13.0. The molecule has 1 aliphatic rings. The molecule has 1 aliphatic heterocycles. The number of carboxylic acid groups (broad SMARTS) is 1. The van der Waals surface area contributed by atoms with Gasteiger partial charge in [0, 0.05) is 23.0 Å². The first kappa shape index (κ1) is 22.3. The monoisotopic (exact) mass is 468 g/mol. The number of carbonyl (C=O) groups is 2. The summed E-state index contributed by atoms with van der Waals surface area (Å²) in [6.07, 6.45) is 2.34. The van der Waals surface area contributed by atoms with Gasteiger partial charge in [0.2, 0.25) is 5.91 Å². The van der Waals surface area contributed by atoms with E-state index in [-0.39, 0.29) is 17.5 Å². The SMILES string of the molecule is O=C(O)c1ccc([C@@H]2CCCN2C(=O)Cc2ccc(Cl)cc2)nc1Cc1ccc(Cl)cc1. The van der Waals surface area contributed by atoms with Gasteiger partial charge in [-0.2, -0.15) is 0 Å². The lowest BCUT2D eigenvalue weighted by molar-refractivity contribution is -0.131. The van der Waals surface area contributed by atoms with Crippen molar-refractivity contribution in [3.05, 3.63) is 98.8 Å². The van der Waals surface area contributed by atoms with Crippen molar-refractivity contribution in [3.63, 3.8) is 0 Å². The molecule has 7 heteroatoms. The summed E-state index contributed by atoms with van der Waals surface area (Å²) in [5.74, 6) is -0.992. The number of nitrogens with zero attached hydrogens (tertiary/aromatic N) is 2. The fourth-order valence-electron chi connectivity index (χ4n) is 4.08. The van der Waals surface area contributed by atoms with E-state index in [2.05, 4.69) is 0 Å². The highest BCUT2D eigenvalue weighted by Gasteiger charge is 2.31. The first-order valence-corrected chi connectivity index (χ1v) is 11.2. The van der Waals surface area contributed by atoms with Gasteiger partial charge in [-0.25, -0.2) is 4.79 Å². The molecule has 0 radical (unpaired) electrons. The van der Waals surface area contributed by atoms with Crippen LogP contribution in [0.15, 0.2) is 60.7 Å². The number of pyridine rings is 1. The molecule has 0 spiro atoms. The van der Waals surface area contributed by atoms with Crippen molar-refractivity contribution in [2.24, 2.45) is 0 Å². The normalized spacial score (nSPS) is 15.7. The van der Waals surface area contributed by atoms with E-state index in [0.717, 1.165) is 29.7 Å². The lowest BCUT2D eigenvalue weighted by Crippen LogP contribution is -2.32. The van der Waals surface area contributed by atoms with E-state index in [9.17, 15) is 14.7 Å². The fourth-order valence-corrected chi connectivity index (χ4v) is 4.33.